The summed E-state index contributed by atoms with van der Waals surface area (Å²) in [5, 5.41) is 19.4. The second-order valence-electron chi connectivity index (χ2n) is 11.4. The number of carbonyl (C=O) groups is 2. The molecule has 8 heteroatoms. The molecule has 1 N–H and O–H groups in total. The van der Waals surface area contributed by atoms with E-state index in [4.69, 9.17) is 11.6 Å². The molecule has 9 bridgehead atoms. The Kier molecular flexibility index (Phi) is 7.80. The molecular weight excluding hydrogens is 536 g/mol. The number of carboxylic acids is 1. The summed E-state index contributed by atoms with van der Waals surface area (Å²) in [6.45, 7) is 3.90. The first-order valence-electron chi connectivity index (χ1n) is 14.6. The number of nitrogens with zero attached hydrogens (tertiary/aromatic N) is 4. The minimum Gasteiger partial charge on any atom is -0.481 e. The molecule has 4 aromatic rings. The molecule has 7 nitrogen and oxygen atoms in total. The predicted molar refractivity (Wildman–Crippen MR) is 159 cm³/mol. The monoisotopic (exact) mass is 570 g/mol. The zero-order valence-corrected chi connectivity index (χ0v) is 24.2. The number of aryl methyl sites for hydroxylation is 3. The summed E-state index contributed by atoms with van der Waals surface area (Å²) >= 11 is 6.64. The van der Waals surface area contributed by atoms with Crippen molar-refractivity contribution < 1.29 is 14.7 Å². The zero-order chi connectivity index (χ0) is 28.5. The number of halogens is 1. The third-order valence-electron chi connectivity index (χ3n) is 8.77. The Balaban J connectivity index is 1.40. The maximum absolute atomic E-state index is 13.6. The van der Waals surface area contributed by atoms with Gasteiger partial charge in [-0.3, -0.25) is 9.59 Å². The van der Waals surface area contributed by atoms with Gasteiger partial charge in [0.15, 0.2) is 0 Å². The Morgan fingerprint density at radius 2 is 1.80 bits per heavy atom. The number of hydrogen-bond donors (Lipinski definition) is 1. The van der Waals surface area contributed by atoms with Gasteiger partial charge in [-0.05, 0) is 84.2 Å². The minimum atomic E-state index is -0.858. The molecular formula is C33H35ClN4O3. The number of aromatic nitrogens is 3. The lowest BCUT2D eigenvalue weighted by Crippen LogP contribution is -2.36. The van der Waals surface area contributed by atoms with Gasteiger partial charge in [-0.2, -0.15) is 0 Å². The molecule has 3 aromatic carbocycles. The van der Waals surface area contributed by atoms with Crippen LogP contribution in [0, 0.1) is 6.92 Å². The van der Waals surface area contributed by atoms with Crippen LogP contribution in [-0.2, 0) is 30.7 Å². The van der Waals surface area contributed by atoms with E-state index in [0.717, 1.165) is 90.3 Å². The highest BCUT2D eigenvalue weighted by Crippen LogP contribution is 2.35. The first kappa shape index (κ1) is 27.5. The largest absolute Gasteiger partial charge is 0.481 e. The zero-order valence-electron chi connectivity index (χ0n) is 23.4. The average Bonchev–Trinajstić information content (AvgIpc) is 3.38. The van der Waals surface area contributed by atoms with E-state index in [1.54, 1.807) is 0 Å². The minimum absolute atomic E-state index is 0.0378. The molecule has 41 heavy (non-hydrogen) atoms. The molecule has 0 fully saturated rings. The van der Waals surface area contributed by atoms with Crippen molar-refractivity contribution in [2.75, 3.05) is 6.54 Å². The summed E-state index contributed by atoms with van der Waals surface area (Å²) in [4.78, 5) is 27.5. The number of aliphatic carboxylic acids is 1. The van der Waals surface area contributed by atoms with Gasteiger partial charge in [0.2, 0.25) is 0 Å². The third-order valence-corrected chi connectivity index (χ3v) is 9.08. The Morgan fingerprint density at radius 3 is 2.63 bits per heavy atom. The summed E-state index contributed by atoms with van der Waals surface area (Å²) in [7, 11) is 0. The third kappa shape index (κ3) is 5.60. The van der Waals surface area contributed by atoms with E-state index in [2.05, 4.69) is 22.4 Å². The van der Waals surface area contributed by atoms with E-state index < -0.39 is 5.97 Å². The summed E-state index contributed by atoms with van der Waals surface area (Å²) in [6.07, 6.45) is 7.15. The van der Waals surface area contributed by atoms with Crippen molar-refractivity contribution >= 4 is 34.5 Å². The fourth-order valence-electron chi connectivity index (χ4n) is 6.45. The molecule has 0 radical (unpaired) electrons. The number of benzene rings is 3. The Hall–Kier alpha value is -3.71. The van der Waals surface area contributed by atoms with E-state index in [1.807, 2.05) is 52.9 Å². The van der Waals surface area contributed by atoms with Gasteiger partial charge in [-0.15, -0.1) is 5.10 Å². The molecule has 0 aliphatic carbocycles. The van der Waals surface area contributed by atoms with E-state index >= 15 is 0 Å². The highest BCUT2D eigenvalue weighted by Gasteiger charge is 2.27. The second-order valence-corrected chi connectivity index (χ2v) is 11.9. The summed E-state index contributed by atoms with van der Waals surface area (Å²) in [6, 6.07) is 16.1. The SMILES string of the molecule is Cc1c2ccc3c1nnn3CCCCCCCc1ccc(c(Cl)c1)C(=O)N1CCc3ccc(cc3C1)C2CC(=O)O. The summed E-state index contributed by atoms with van der Waals surface area (Å²) < 4.78 is 1.97. The Morgan fingerprint density at radius 1 is 0.976 bits per heavy atom. The van der Waals surface area contributed by atoms with Crippen LogP contribution in [0.25, 0.3) is 11.0 Å². The van der Waals surface area contributed by atoms with Gasteiger partial charge in [-0.25, -0.2) is 4.68 Å². The van der Waals surface area contributed by atoms with Crippen molar-refractivity contribution in [3.05, 3.63) is 92.5 Å². The molecule has 0 saturated carbocycles. The lowest BCUT2D eigenvalue weighted by atomic mass is 9.83. The van der Waals surface area contributed by atoms with Crippen LogP contribution in [0.3, 0.4) is 0 Å². The Bertz CT molecular complexity index is 1630. The molecule has 1 aromatic heterocycles. The number of carbonyl (C=O) groups excluding carboxylic acids is 1. The maximum atomic E-state index is 13.6. The van der Waals surface area contributed by atoms with Crippen LogP contribution in [0.2, 0.25) is 5.02 Å². The van der Waals surface area contributed by atoms with Gasteiger partial charge >= 0.3 is 5.97 Å². The van der Waals surface area contributed by atoms with Crippen molar-refractivity contribution in [3.63, 3.8) is 0 Å². The molecule has 1 atom stereocenters. The van der Waals surface area contributed by atoms with E-state index in [1.165, 1.54) is 5.56 Å². The van der Waals surface area contributed by atoms with Crippen LogP contribution < -0.4 is 0 Å². The van der Waals surface area contributed by atoms with Crippen molar-refractivity contribution in [1.82, 2.24) is 19.9 Å². The van der Waals surface area contributed by atoms with E-state index in [0.29, 0.717) is 23.7 Å². The fourth-order valence-corrected chi connectivity index (χ4v) is 6.74. The topological polar surface area (TPSA) is 88.3 Å². The van der Waals surface area contributed by atoms with Gasteiger partial charge < -0.3 is 10.0 Å². The number of rotatable bonds is 2. The van der Waals surface area contributed by atoms with Crippen LogP contribution in [0.1, 0.15) is 88.2 Å². The van der Waals surface area contributed by atoms with Crippen molar-refractivity contribution in [3.8, 4) is 0 Å². The lowest BCUT2D eigenvalue weighted by Gasteiger charge is -2.30. The van der Waals surface area contributed by atoms with E-state index in [-0.39, 0.29) is 18.2 Å². The number of carboxylic acid groups (broad SMARTS) is 1. The fraction of sp³-hybridized carbons (Fsp3) is 0.394. The highest BCUT2D eigenvalue weighted by molar-refractivity contribution is 6.33. The summed E-state index contributed by atoms with van der Waals surface area (Å²) in [5.41, 5.74) is 8.58. The van der Waals surface area contributed by atoms with Crippen LogP contribution in [0.4, 0.5) is 0 Å². The smallest absolute Gasteiger partial charge is 0.304 e. The molecule has 5 aliphatic heterocycles. The second kappa shape index (κ2) is 11.6. The van der Waals surface area contributed by atoms with Crippen LogP contribution in [-0.4, -0.2) is 43.4 Å². The maximum Gasteiger partial charge on any atom is 0.304 e. The molecule has 5 aliphatic rings. The highest BCUT2D eigenvalue weighted by atomic mass is 35.5. The van der Waals surface area contributed by atoms with Crippen LogP contribution in [0.15, 0.2) is 48.5 Å². The lowest BCUT2D eigenvalue weighted by molar-refractivity contribution is -0.137. The van der Waals surface area contributed by atoms with Gasteiger partial charge in [0.1, 0.15) is 5.52 Å². The number of hydrogen-bond acceptors (Lipinski definition) is 4. The van der Waals surface area contributed by atoms with Gasteiger partial charge in [0.25, 0.3) is 5.91 Å². The van der Waals surface area contributed by atoms with Crippen LogP contribution >= 0.6 is 11.6 Å². The van der Waals surface area contributed by atoms with Gasteiger partial charge in [0.05, 0.1) is 22.5 Å². The molecule has 0 saturated heterocycles. The average molecular weight is 571 g/mol. The quantitative estimate of drug-likeness (QED) is 0.289. The van der Waals surface area contributed by atoms with Gasteiger partial charge in [-0.1, -0.05) is 66.4 Å². The molecule has 1 unspecified atom stereocenters. The first-order chi connectivity index (χ1) is 19.9. The first-order valence-corrected chi connectivity index (χ1v) is 15.0. The normalized spacial score (nSPS) is 18.0. The molecule has 9 rings (SSSR count). The van der Waals surface area contributed by atoms with Crippen molar-refractivity contribution in [2.24, 2.45) is 0 Å². The predicted octanol–water partition coefficient (Wildman–Crippen LogP) is 6.70. The standard InChI is InChI=1S/C33H35ClN4O3/c1-21-26-12-13-30-32(21)35-36-38(30)15-6-4-2-3-5-7-22-8-11-27(29(34)17-22)33(41)37-16-14-23-9-10-24(18-25(23)20-37)28(26)19-31(39)40/h8-13,17-18,28H,2-7,14-16,19-20H2,1H3,(H,39,40). The molecule has 0 spiro atoms. The summed E-state index contributed by atoms with van der Waals surface area (Å²) in [5.74, 6) is -1.27. The Labute approximate surface area is 245 Å². The molecule has 212 valence electrons. The van der Waals surface area contributed by atoms with Crippen LogP contribution in [0.5, 0.6) is 0 Å². The van der Waals surface area contributed by atoms with Crippen molar-refractivity contribution in [2.45, 2.75) is 77.3 Å². The van der Waals surface area contributed by atoms with Crippen molar-refractivity contribution in [1.29, 1.82) is 0 Å². The molecule has 6 heterocycles. The number of amides is 1. The van der Waals surface area contributed by atoms with E-state index in [9.17, 15) is 14.7 Å². The molecule has 1 amide bonds. The van der Waals surface area contributed by atoms with Gasteiger partial charge in [0, 0.05) is 25.6 Å².